The lowest BCUT2D eigenvalue weighted by Gasteiger charge is -2.02. The summed E-state index contributed by atoms with van der Waals surface area (Å²) in [5.74, 6) is -0.000892. The van der Waals surface area contributed by atoms with Crippen molar-refractivity contribution in [1.29, 1.82) is 0 Å². The molecule has 1 aromatic carbocycles. The topological polar surface area (TPSA) is 57.2 Å². The highest BCUT2D eigenvalue weighted by Gasteiger charge is 2.01. The molecular weight excluding hydrogens is 310 g/mol. The standard InChI is InChI=1S/C21H31N3O/c1-2-3-4-5-6-7-8-9-10-15-21(25)24-23-17-18-16-22-20-14-12-11-13-19(18)20/h11-14,16-17,22H,2-10,15H2,1H3,(H,24,25)/b23-17+. The zero-order chi connectivity index (χ0) is 17.7. The third kappa shape index (κ3) is 7.12. The van der Waals surface area contributed by atoms with Crippen molar-refractivity contribution in [2.24, 2.45) is 5.10 Å². The van der Waals surface area contributed by atoms with Gasteiger partial charge in [0.25, 0.3) is 0 Å². The summed E-state index contributed by atoms with van der Waals surface area (Å²) in [6.45, 7) is 2.25. The number of H-pyrrole nitrogens is 1. The van der Waals surface area contributed by atoms with Crippen molar-refractivity contribution in [3.8, 4) is 0 Å². The number of aromatic amines is 1. The molecule has 0 aliphatic carbocycles. The Morgan fingerprint density at radius 1 is 1.04 bits per heavy atom. The molecule has 0 spiro atoms. The maximum atomic E-state index is 11.8. The van der Waals surface area contributed by atoms with E-state index in [-0.39, 0.29) is 5.91 Å². The molecule has 0 radical (unpaired) electrons. The number of nitrogens with one attached hydrogen (secondary N) is 2. The molecule has 0 bridgehead atoms. The molecule has 0 aliphatic rings. The van der Waals surface area contributed by atoms with Gasteiger partial charge in [0.2, 0.25) is 5.91 Å². The van der Waals surface area contributed by atoms with Crippen molar-refractivity contribution >= 4 is 23.0 Å². The van der Waals surface area contributed by atoms with E-state index in [2.05, 4.69) is 22.4 Å². The Labute approximate surface area is 151 Å². The van der Waals surface area contributed by atoms with Gasteiger partial charge in [0.15, 0.2) is 0 Å². The van der Waals surface area contributed by atoms with Crippen LogP contribution in [0.15, 0.2) is 35.6 Å². The van der Waals surface area contributed by atoms with Gasteiger partial charge in [0, 0.05) is 29.1 Å². The van der Waals surface area contributed by atoms with Crippen LogP contribution in [0.4, 0.5) is 0 Å². The molecule has 0 unspecified atom stereocenters. The van der Waals surface area contributed by atoms with E-state index in [1.54, 1.807) is 6.21 Å². The Kier molecular flexibility index (Phi) is 8.81. The maximum Gasteiger partial charge on any atom is 0.240 e. The fourth-order valence-electron chi connectivity index (χ4n) is 3.03. The smallest absolute Gasteiger partial charge is 0.240 e. The molecule has 0 fully saturated rings. The van der Waals surface area contributed by atoms with Crippen LogP contribution in [0.5, 0.6) is 0 Å². The number of hydrazone groups is 1. The predicted octanol–water partition coefficient (Wildman–Crippen LogP) is 5.54. The van der Waals surface area contributed by atoms with Gasteiger partial charge in [-0.1, -0.05) is 76.5 Å². The van der Waals surface area contributed by atoms with E-state index >= 15 is 0 Å². The molecule has 4 heteroatoms. The van der Waals surface area contributed by atoms with Crippen LogP contribution in [0.2, 0.25) is 0 Å². The first-order chi connectivity index (χ1) is 12.3. The van der Waals surface area contributed by atoms with Gasteiger partial charge in [-0.3, -0.25) is 4.79 Å². The highest BCUT2D eigenvalue weighted by molar-refractivity contribution is 5.99. The van der Waals surface area contributed by atoms with Crippen LogP contribution in [-0.2, 0) is 4.79 Å². The van der Waals surface area contributed by atoms with Gasteiger partial charge >= 0.3 is 0 Å². The zero-order valence-corrected chi connectivity index (χ0v) is 15.4. The molecule has 0 atom stereocenters. The maximum absolute atomic E-state index is 11.8. The quantitative estimate of drug-likeness (QED) is 0.297. The summed E-state index contributed by atoms with van der Waals surface area (Å²) in [6.07, 6.45) is 15.5. The second-order valence-electron chi connectivity index (χ2n) is 6.66. The number of fused-ring (bicyclic) bond motifs is 1. The first-order valence-corrected chi connectivity index (χ1v) is 9.69. The predicted molar refractivity (Wildman–Crippen MR) is 106 cm³/mol. The second-order valence-corrected chi connectivity index (χ2v) is 6.66. The third-order valence-corrected chi connectivity index (χ3v) is 4.52. The minimum absolute atomic E-state index is 0.000892. The summed E-state index contributed by atoms with van der Waals surface area (Å²) in [4.78, 5) is 15.0. The second kappa shape index (κ2) is 11.5. The van der Waals surface area contributed by atoms with Crippen molar-refractivity contribution in [2.75, 3.05) is 0 Å². The van der Waals surface area contributed by atoms with E-state index in [1.165, 1.54) is 44.9 Å². The normalized spacial score (nSPS) is 11.4. The average Bonchev–Trinajstić information content (AvgIpc) is 3.04. The van der Waals surface area contributed by atoms with Gasteiger partial charge in [-0.25, -0.2) is 5.43 Å². The highest BCUT2D eigenvalue weighted by atomic mass is 16.2. The number of nitrogens with zero attached hydrogens (tertiary/aromatic N) is 1. The van der Waals surface area contributed by atoms with Crippen molar-refractivity contribution in [1.82, 2.24) is 10.4 Å². The average molecular weight is 341 g/mol. The van der Waals surface area contributed by atoms with Crippen LogP contribution in [-0.4, -0.2) is 17.1 Å². The molecular formula is C21H31N3O. The number of aromatic nitrogens is 1. The monoisotopic (exact) mass is 341 g/mol. The summed E-state index contributed by atoms with van der Waals surface area (Å²) < 4.78 is 0. The van der Waals surface area contributed by atoms with Crippen LogP contribution in [0.25, 0.3) is 10.9 Å². The van der Waals surface area contributed by atoms with E-state index in [0.29, 0.717) is 6.42 Å². The summed E-state index contributed by atoms with van der Waals surface area (Å²) in [5, 5.41) is 5.19. The number of benzene rings is 1. The first-order valence-electron chi connectivity index (χ1n) is 9.69. The fourth-order valence-corrected chi connectivity index (χ4v) is 3.03. The Bertz CT molecular complexity index is 660. The molecule has 0 saturated heterocycles. The Morgan fingerprint density at radius 3 is 2.48 bits per heavy atom. The van der Waals surface area contributed by atoms with E-state index in [9.17, 15) is 4.79 Å². The molecule has 2 aromatic rings. The van der Waals surface area contributed by atoms with E-state index in [1.807, 2.05) is 30.5 Å². The lowest BCUT2D eigenvalue weighted by atomic mass is 10.1. The van der Waals surface area contributed by atoms with Gasteiger partial charge in [0.1, 0.15) is 0 Å². The molecule has 1 amide bonds. The largest absolute Gasteiger partial charge is 0.361 e. The minimum atomic E-state index is -0.000892. The SMILES string of the molecule is CCCCCCCCCCCC(=O)N/N=C/c1c[nH]c2ccccc12. The number of unbranched alkanes of at least 4 members (excludes halogenated alkanes) is 8. The molecule has 2 rings (SSSR count). The molecule has 1 aromatic heterocycles. The van der Waals surface area contributed by atoms with Crippen molar-refractivity contribution < 1.29 is 4.79 Å². The lowest BCUT2D eigenvalue weighted by molar-refractivity contribution is -0.121. The van der Waals surface area contributed by atoms with Gasteiger partial charge in [0.05, 0.1) is 6.21 Å². The number of carbonyl (C=O) groups is 1. The van der Waals surface area contributed by atoms with Crippen molar-refractivity contribution in [2.45, 2.75) is 71.1 Å². The molecule has 25 heavy (non-hydrogen) atoms. The van der Waals surface area contributed by atoms with Gasteiger partial charge in [-0.15, -0.1) is 0 Å². The van der Waals surface area contributed by atoms with E-state index in [4.69, 9.17) is 0 Å². The molecule has 0 aliphatic heterocycles. The Balaban J connectivity index is 1.55. The van der Waals surface area contributed by atoms with Crippen LogP contribution < -0.4 is 5.43 Å². The highest BCUT2D eigenvalue weighted by Crippen LogP contribution is 2.15. The number of hydrogen-bond donors (Lipinski definition) is 2. The summed E-state index contributed by atoms with van der Waals surface area (Å²) >= 11 is 0. The number of para-hydroxylation sites is 1. The number of hydrogen-bond acceptors (Lipinski definition) is 2. The van der Waals surface area contributed by atoms with Gasteiger partial charge in [-0.2, -0.15) is 5.10 Å². The van der Waals surface area contributed by atoms with Crippen molar-refractivity contribution in [3.05, 3.63) is 36.0 Å². The summed E-state index contributed by atoms with van der Waals surface area (Å²) in [5.41, 5.74) is 4.69. The van der Waals surface area contributed by atoms with Crippen LogP contribution in [0.3, 0.4) is 0 Å². The first kappa shape index (κ1) is 19.2. The number of rotatable bonds is 12. The summed E-state index contributed by atoms with van der Waals surface area (Å²) in [6, 6.07) is 8.05. The molecule has 1 heterocycles. The Hall–Kier alpha value is -2.10. The van der Waals surface area contributed by atoms with Crippen LogP contribution in [0.1, 0.15) is 76.7 Å². The lowest BCUT2D eigenvalue weighted by Crippen LogP contribution is -2.16. The van der Waals surface area contributed by atoms with Gasteiger partial charge in [-0.05, 0) is 12.5 Å². The van der Waals surface area contributed by atoms with E-state index in [0.717, 1.165) is 29.3 Å². The number of carbonyl (C=O) groups excluding carboxylic acids is 1. The van der Waals surface area contributed by atoms with Crippen LogP contribution in [0, 0.1) is 0 Å². The zero-order valence-electron chi connectivity index (χ0n) is 15.4. The number of amides is 1. The molecule has 0 saturated carbocycles. The Morgan fingerprint density at radius 2 is 1.72 bits per heavy atom. The minimum Gasteiger partial charge on any atom is -0.361 e. The summed E-state index contributed by atoms with van der Waals surface area (Å²) in [7, 11) is 0. The fraction of sp³-hybridized carbons (Fsp3) is 0.524. The molecule has 136 valence electrons. The third-order valence-electron chi connectivity index (χ3n) is 4.52. The van der Waals surface area contributed by atoms with Crippen molar-refractivity contribution in [3.63, 3.8) is 0 Å². The molecule has 2 N–H and O–H groups in total. The molecule has 4 nitrogen and oxygen atoms in total. The van der Waals surface area contributed by atoms with Crippen LogP contribution >= 0.6 is 0 Å². The van der Waals surface area contributed by atoms with E-state index < -0.39 is 0 Å². The van der Waals surface area contributed by atoms with Gasteiger partial charge < -0.3 is 4.98 Å².